The number of hydrogen-bond donors (Lipinski definition) is 1. The summed E-state index contributed by atoms with van der Waals surface area (Å²) in [6, 6.07) is 18.3. The summed E-state index contributed by atoms with van der Waals surface area (Å²) in [4.78, 5) is 11.9. The molecule has 3 nitrogen and oxygen atoms in total. The van der Waals surface area contributed by atoms with Crippen LogP contribution in [0.15, 0.2) is 54.6 Å². The molecule has 0 aliphatic carbocycles. The van der Waals surface area contributed by atoms with Gasteiger partial charge in [-0.2, -0.15) is 0 Å². The van der Waals surface area contributed by atoms with Crippen molar-refractivity contribution in [3.05, 3.63) is 87.7 Å². The van der Waals surface area contributed by atoms with Crippen LogP contribution in [0.1, 0.15) is 39.3 Å². The van der Waals surface area contributed by atoms with Gasteiger partial charge < -0.3 is 10.3 Å². The number of aromatic nitrogens is 1. The number of nitrogens with zero attached hydrogens (tertiary/aromatic N) is 1. The molecule has 2 aromatic carbocycles. The molecule has 0 aliphatic heterocycles. The van der Waals surface area contributed by atoms with Gasteiger partial charge in [-0.15, -0.1) is 0 Å². The Labute approximate surface area is 159 Å². The third-order valence-electron chi connectivity index (χ3n) is 4.69. The van der Waals surface area contributed by atoms with Gasteiger partial charge in [-0.1, -0.05) is 41.9 Å². The normalized spacial score (nSPS) is 10.9. The second-order valence-electron chi connectivity index (χ2n) is 6.62. The van der Waals surface area contributed by atoms with Crippen LogP contribution in [-0.2, 0) is 12.8 Å². The van der Waals surface area contributed by atoms with E-state index in [0.29, 0.717) is 10.6 Å². The van der Waals surface area contributed by atoms with Gasteiger partial charge in [-0.3, -0.25) is 4.79 Å². The highest BCUT2D eigenvalue weighted by molar-refractivity contribution is 6.34. The van der Waals surface area contributed by atoms with Crippen molar-refractivity contribution in [2.45, 2.75) is 33.1 Å². The molecular weight excluding hydrogens is 344 g/mol. The van der Waals surface area contributed by atoms with Gasteiger partial charge in [0.05, 0.1) is 10.6 Å². The lowest BCUT2D eigenvalue weighted by atomic mass is 9.98. The molecule has 1 aromatic heterocycles. The SMILES string of the molecule is Cc1ccc(C)n1-c1cc(Cl)c(C(N)=O)c(CCCc2ccccc2)c1. The largest absolute Gasteiger partial charge is 0.366 e. The van der Waals surface area contributed by atoms with Crippen LogP contribution in [0.3, 0.4) is 0 Å². The minimum atomic E-state index is -0.475. The molecule has 0 radical (unpaired) electrons. The van der Waals surface area contributed by atoms with E-state index in [1.807, 2.05) is 30.3 Å². The number of nitrogens with two attached hydrogens (primary N) is 1. The van der Waals surface area contributed by atoms with E-state index in [-0.39, 0.29) is 0 Å². The zero-order chi connectivity index (χ0) is 18.7. The number of carbonyl (C=O) groups excluding carboxylic acids is 1. The van der Waals surface area contributed by atoms with Gasteiger partial charge in [0.1, 0.15) is 0 Å². The number of aryl methyl sites for hydroxylation is 4. The van der Waals surface area contributed by atoms with E-state index in [4.69, 9.17) is 17.3 Å². The maximum atomic E-state index is 11.9. The fourth-order valence-corrected chi connectivity index (χ4v) is 3.78. The van der Waals surface area contributed by atoms with Gasteiger partial charge in [0.25, 0.3) is 0 Å². The molecule has 4 heteroatoms. The predicted molar refractivity (Wildman–Crippen MR) is 107 cm³/mol. The van der Waals surface area contributed by atoms with Crippen molar-refractivity contribution in [1.29, 1.82) is 0 Å². The van der Waals surface area contributed by atoms with Crippen molar-refractivity contribution in [3.63, 3.8) is 0 Å². The fourth-order valence-electron chi connectivity index (χ4n) is 3.45. The topological polar surface area (TPSA) is 48.0 Å². The summed E-state index contributed by atoms with van der Waals surface area (Å²) < 4.78 is 2.14. The molecular formula is C22H23ClN2O. The quantitative estimate of drug-likeness (QED) is 0.654. The van der Waals surface area contributed by atoms with Gasteiger partial charge in [0.15, 0.2) is 0 Å². The van der Waals surface area contributed by atoms with Crippen molar-refractivity contribution in [3.8, 4) is 5.69 Å². The molecule has 1 heterocycles. The molecule has 0 bridgehead atoms. The fraction of sp³-hybridized carbons (Fsp3) is 0.227. The van der Waals surface area contributed by atoms with E-state index in [1.54, 1.807) is 0 Å². The molecule has 134 valence electrons. The van der Waals surface area contributed by atoms with Crippen LogP contribution in [0.5, 0.6) is 0 Å². The van der Waals surface area contributed by atoms with Crippen molar-refractivity contribution in [2.75, 3.05) is 0 Å². The van der Waals surface area contributed by atoms with Crippen LogP contribution in [0, 0.1) is 13.8 Å². The van der Waals surface area contributed by atoms with Crippen molar-refractivity contribution in [1.82, 2.24) is 4.57 Å². The lowest BCUT2D eigenvalue weighted by Crippen LogP contribution is -2.15. The first-order chi connectivity index (χ1) is 12.5. The summed E-state index contributed by atoms with van der Waals surface area (Å²) in [7, 11) is 0. The number of amides is 1. The molecule has 3 rings (SSSR count). The standard InChI is InChI=1S/C22H23ClN2O/c1-15-11-12-16(2)25(15)19-13-18(21(22(24)26)20(23)14-19)10-6-9-17-7-4-3-5-8-17/h3-5,7-8,11-14H,6,9-10H2,1-2H3,(H2,24,26). The molecule has 2 N–H and O–H groups in total. The monoisotopic (exact) mass is 366 g/mol. The minimum absolute atomic E-state index is 0.414. The van der Waals surface area contributed by atoms with Crippen molar-refractivity contribution < 1.29 is 4.79 Å². The molecule has 0 saturated carbocycles. The van der Waals surface area contributed by atoms with Gasteiger partial charge in [0, 0.05) is 17.1 Å². The lowest BCUT2D eigenvalue weighted by Gasteiger charge is -2.15. The number of benzene rings is 2. The van der Waals surface area contributed by atoms with Gasteiger partial charge in [0.2, 0.25) is 5.91 Å². The summed E-state index contributed by atoms with van der Waals surface area (Å²) in [6.07, 6.45) is 2.62. The van der Waals surface area contributed by atoms with E-state index < -0.39 is 5.91 Å². The first kappa shape index (κ1) is 18.3. The molecule has 0 spiro atoms. The Morgan fingerprint density at radius 3 is 2.27 bits per heavy atom. The number of rotatable bonds is 6. The Morgan fingerprint density at radius 2 is 1.65 bits per heavy atom. The molecule has 0 unspecified atom stereocenters. The molecule has 0 saturated heterocycles. The van der Waals surface area contributed by atoms with Crippen LogP contribution in [0.25, 0.3) is 5.69 Å². The Kier molecular flexibility index (Phi) is 5.48. The number of hydrogen-bond acceptors (Lipinski definition) is 1. The lowest BCUT2D eigenvalue weighted by molar-refractivity contribution is 0.0999. The van der Waals surface area contributed by atoms with Gasteiger partial charge in [-0.25, -0.2) is 0 Å². The predicted octanol–water partition coefficient (Wildman–Crippen LogP) is 5.02. The number of halogens is 1. The Hall–Kier alpha value is -2.52. The van der Waals surface area contributed by atoms with Crippen LogP contribution in [0.4, 0.5) is 0 Å². The Balaban J connectivity index is 1.92. The molecule has 26 heavy (non-hydrogen) atoms. The number of primary amides is 1. The highest BCUT2D eigenvalue weighted by Crippen LogP contribution is 2.28. The second kappa shape index (κ2) is 7.79. The average molecular weight is 367 g/mol. The Bertz CT molecular complexity index is 909. The van der Waals surface area contributed by atoms with E-state index in [2.05, 4.69) is 42.7 Å². The molecule has 0 aliphatic rings. The summed E-state index contributed by atoms with van der Waals surface area (Å²) in [5.74, 6) is -0.475. The third-order valence-corrected chi connectivity index (χ3v) is 4.98. The smallest absolute Gasteiger partial charge is 0.250 e. The maximum absolute atomic E-state index is 11.9. The van der Waals surface area contributed by atoms with E-state index in [1.165, 1.54) is 5.56 Å². The molecule has 1 amide bonds. The first-order valence-corrected chi connectivity index (χ1v) is 9.16. The van der Waals surface area contributed by atoms with Crippen LogP contribution in [0.2, 0.25) is 5.02 Å². The summed E-state index contributed by atoms with van der Waals surface area (Å²) >= 11 is 6.43. The average Bonchev–Trinajstić information content (AvgIpc) is 2.93. The molecule has 0 fully saturated rings. The van der Waals surface area contributed by atoms with E-state index >= 15 is 0 Å². The first-order valence-electron chi connectivity index (χ1n) is 8.79. The second-order valence-corrected chi connectivity index (χ2v) is 7.02. The van der Waals surface area contributed by atoms with Crippen LogP contribution < -0.4 is 5.73 Å². The summed E-state index contributed by atoms with van der Waals surface area (Å²) in [6.45, 7) is 4.11. The zero-order valence-corrected chi connectivity index (χ0v) is 15.9. The summed E-state index contributed by atoms with van der Waals surface area (Å²) in [5.41, 5.74) is 11.4. The summed E-state index contributed by atoms with van der Waals surface area (Å²) in [5, 5.41) is 0.414. The zero-order valence-electron chi connectivity index (χ0n) is 15.1. The third kappa shape index (κ3) is 3.83. The molecule has 3 aromatic rings. The van der Waals surface area contributed by atoms with Crippen molar-refractivity contribution in [2.24, 2.45) is 5.73 Å². The van der Waals surface area contributed by atoms with Crippen LogP contribution in [-0.4, -0.2) is 10.5 Å². The van der Waals surface area contributed by atoms with E-state index in [0.717, 1.165) is 41.9 Å². The number of carbonyl (C=O) groups is 1. The highest BCUT2D eigenvalue weighted by atomic mass is 35.5. The minimum Gasteiger partial charge on any atom is -0.366 e. The van der Waals surface area contributed by atoms with Crippen molar-refractivity contribution >= 4 is 17.5 Å². The highest BCUT2D eigenvalue weighted by Gasteiger charge is 2.16. The van der Waals surface area contributed by atoms with Crippen LogP contribution >= 0.6 is 11.6 Å². The Morgan fingerprint density at radius 1 is 1.00 bits per heavy atom. The van der Waals surface area contributed by atoms with E-state index in [9.17, 15) is 4.79 Å². The molecule has 0 atom stereocenters. The van der Waals surface area contributed by atoms with Gasteiger partial charge in [-0.05, 0) is 68.5 Å². The van der Waals surface area contributed by atoms with Gasteiger partial charge >= 0.3 is 0 Å². The maximum Gasteiger partial charge on any atom is 0.250 e.